The van der Waals surface area contributed by atoms with E-state index < -0.39 is 6.04 Å². The van der Waals surface area contributed by atoms with Crippen LogP contribution < -0.4 is 20.7 Å². The number of allylic oxidation sites excluding steroid dienone is 1. The van der Waals surface area contributed by atoms with Gasteiger partial charge in [0.05, 0.1) is 18.7 Å². The van der Waals surface area contributed by atoms with Crippen LogP contribution in [0, 0.1) is 13.8 Å². The molecule has 0 fully saturated rings. The largest absolute Gasteiger partial charge is 0.496 e. The van der Waals surface area contributed by atoms with Crippen LogP contribution in [0.15, 0.2) is 53.7 Å². The van der Waals surface area contributed by atoms with Gasteiger partial charge >= 0.3 is 0 Å². The molecule has 0 spiro atoms. The molecule has 1 atom stereocenters. The Bertz CT molecular complexity index is 937. The summed E-state index contributed by atoms with van der Waals surface area (Å²) in [5.41, 5.74) is 5.11. The molecule has 140 valence electrons. The molecule has 6 heteroatoms. The number of anilines is 1. The molecule has 27 heavy (non-hydrogen) atoms. The van der Waals surface area contributed by atoms with E-state index in [1.54, 1.807) is 7.11 Å². The van der Waals surface area contributed by atoms with Crippen molar-refractivity contribution in [3.05, 3.63) is 70.4 Å². The van der Waals surface area contributed by atoms with Crippen LogP contribution in [0.3, 0.4) is 0 Å². The molecule has 1 aliphatic rings. The molecule has 0 saturated carbocycles. The summed E-state index contributed by atoms with van der Waals surface area (Å²) in [6.07, 6.45) is 0. The van der Waals surface area contributed by atoms with E-state index in [0.29, 0.717) is 16.4 Å². The van der Waals surface area contributed by atoms with Gasteiger partial charge in [0.15, 0.2) is 5.11 Å². The molecule has 2 aromatic rings. The Morgan fingerprint density at radius 3 is 2.59 bits per heavy atom. The Morgan fingerprint density at radius 1 is 1.15 bits per heavy atom. The molecule has 1 amide bonds. The van der Waals surface area contributed by atoms with Crippen LogP contribution in [0.1, 0.15) is 29.7 Å². The van der Waals surface area contributed by atoms with Gasteiger partial charge in [0, 0.05) is 16.9 Å². The van der Waals surface area contributed by atoms with Gasteiger partial charge in [-0.25, -0.2) is 0 Å². The highest BCUT2D eigenvalue weighted by Crippen LogP contribution is 2.33. The zero-order valence-electron chi connectivity index (χ0n) is 15.8. The van der Waals surface area contributed by atoms with Crippen molar-refractivity contribution in [2.45, 2.75) is 26.8 Å². The number of methoxy groups -OCH3 is 1. The number of aryl methyl sites for hydroxylation is 2. The lowest BCUT2D eigenvalue weighted by molar-refractivity contribution is -0.113. The Kier molecular flexibility index (Phi) is 5.46. The number of thiocarbonyl (C=S) groups is 1. The summed E-state index contributed by atoms with van der Waals surface area (Å²) >= 11 is 5.31. The molecule has 0 unspecified atom stereocenters. The van der Waals surface area contributed by atoms with Crippen LogP contribution >= 0.6 is 12.2 Å². The predicted octanol–water partition coefficient (Wildman–Crippen LogP) is 3.74. The lowest BCUT2D eigenvalue weighted by Gasteiger charge is -2.31. The number of nitrogens with one attached hydrogen (secondary N) is 3. The maximum Gasteiger partial charge on any atom is 0.255 e. The van der Waals surface area contributed by atoms with Crippen LogP contribution in [0.2, 0.25) is 0 Å². The molecule has 3 N–H and O–H groups in total. The van der Waals surface area contributed by atoms with Crippen LogP contribution in [-0.2, 0) is 4.79 Å². The summed E-state index contributed by atoms with van der Waals surface area (Å²) in [4.78, 5) is 13.2. The lowest BCUT2D eigenvalue weighted by Crippen LogP contribution is -2.45. The Balaban J connectivity index is 2.00. The lowest BCUT2D eigenvalue weighted by atomic mass is 9.94. The molecule has 5 nitrogen and oxygen atoms in total. The molecule has 0 saturated heterocycles. The number of hydrogen-bond donors (Lipinski definition) is 3. The molecule has 3 rings (SSSR count). The number of rotatable bonds is 4. The molecule has 0 aliphatic carbocycles. The molecule has 0 bridgehead atoms. The van der Waals surface area contributed by atoms with Gasteiger partial charge in [-0.1, -0.05) is 35.9 Å². The van der Waals surface area contributed by atoms with Crippen molar-refractivity contribution in [2.75, 3.05) is 12.4 Å². The quantitative estimate of drug-likeness (QED) is 0.704. The van der Waals surface area contributed by atoms with Gasteiger partial charge < -0.3 is 20.7 Å². The monoisotopic (exact) mass is 381 g/mol. The van der Waals surface area contributed by atoms with Gasteiger partial charge in [-0.3, -0.25) is 4.79 Å². The average Bonchev–Trinajstić information content (AvgIpc) is 2.63. The summed E-state index contributed by atoms with van der Waals surface area (Å²) in [6.45, 7) is 5.86. The third kappa shape index (κ3) is 3.95. The summed E-state index contributed by atoms with van der Waals surface area (Å²) in [5, 5.41) is 9.76. The third-order valence-electron chi connectivity index (χ3n) is 4.59. The standard InChI is InChI=1S/C21H23N3O2S/c1-12-9-10-16(13(2)11-12)23-20(25)18-14(3)22-21(27)24-19(18)15-7-5-6-8-17(15)26-4/h5-11,19H,1-4H3,(H,23,25)(H2,22,24,27)/t19-/m0/s1. The van der Waals surface area contributed by atoms with Crippen molar-refractivity contribution in [1.29, 1.82) is 0 Å². The van der Waals surface area contributed by atoms with Gasteiger partial charge in [-0.2, -0.15) is 0 Å². The second-order valence-electron chi connectivity index (χ2n) is 6.58. The first-order valence-electron chi connectivity index (χ1n) is 8.70. The number of carbonyl (C=O) groups excluding carboxylic acids is 1. The van der Waals surface area contributed by atoms with Crippen molar-refractivity contribution >= 4 is 28.9 Å². The van der Waals surface area contributed by atoms with Gasteiger partial charge in [0.1, 0.15) is 5.75 Å². The minimum atomic E-state index is -0.402. The van der Waals surface area contributed by atoms with Gasteiger partial charge in [0.25, 0.3) is 5.91 Å². The Morgan fingerprint density at radius 2 is 1.89 bits per heavy atom. The number of hydrogen-bond acceptors (Lipinski definition) is 3. The highest BCUT2D eigenvalue weighted by molar-refractivity contribution is 7.80. The van der Waals surface area contributed by atoms with E-state index in [1.165, 1.54) is 0 Å². The first-order valence-corrected chi connectivity index (χ1v) is 9.11. The maximum atomic E-state index is 13.2. The Labute approximate surface area is 164 Å². The van der Waals surface area contributed by atoms with Crippen molar-refractivity contribution in [1.82, 2.24) is 10.6 Å². The number of para-hydroxylation sites is 1. The summed E-state index contributed by atoms with van der Waals surface area (Å²) in [6, 6.07) is 13.2. The minimum Gasteiger partial charge on any atom is -0.496 e. The van der Waals surface area contributed by atoms with E-state index in [4.69, 9.17) is 17.0 Å². The van der Waals surface area contributed by atoms with Crippen LogP contribution in [0.25, 0.3) is 0 Å². The first kappa shape index (κ1) is 18.9. The normalized spacial score (nSPS) is 16.4. The first-order chi connectivity index (χ1) is 12.9. The van der Waals surface area contributed by atoms with Crippen molar-refractivity contribution in [3.63, 3.8) is 0 Å². The molecule has 0 aromatic heterocycles. The third-order valence-corrected chi connectivity index (χ3v) is 4.81. The van der Waals surface area contributed by atoms with Gasteiger partial charge in [-0.15, -0.1) is 0 Å². The highest BCUT2D eigenvalue weighted by Gasteiger charge is 2.31. The molecule has 2 aromatic carbocycles. The fraction of sp³-hybridized carbons (Fsp3) is 0.238. The number of ether oxygens (including phenoxy) is 1. The Hall–Kier alpha value is -2.86. The molecule has 0 radical (unpaired) electrons. The predicted molar refractivity (Wildman–Crippen MR) is 112 cm³/mol. The second kappa shape index (κ2) is 7.80. The van der Waals surface area contributed by atoms with E-state index >= 15 is 0 Å². The summed E-state index contributed by atoms with van der Waals surface area (Å²) in [5.74, 6) is 0.516. The fourth-order valence-corrected chi connectivity index (χ4v) is 3.55. The van der Waals surface area contributed by atoms with E-state index in [1.807, 2.05) is 63.2 Å². The van der Waals surface area contributed by atoms with Crippen molar-refractivity contribution in [3.8, 4) is 5.75 Å². The van der Waals surface area contributed by atoms with Gasteiger partial charge in [0.2, 0.25) is 0 Å². The summed E-state index contributed by atoms with van der Waals surface area (Å²) in [7, 11) is 1.62. The minimum absolute atomic E-state index is 0.183. The fourth-order valence-electron chi connectivity index (χ4n) is 3.28. The molecular formula is C21H23N3O2S. The molecular weight excluding hydrogens is 358 g/mol. The zero-order valence-corrected chi connectivity index (χ0v) is 16.7. The topological polar surface area (TPSA) is 62.4 Å². The molecule has 1 aliphatic heterocycles. The van der Waals surface area contributed by atoms with E-state index in [0.717, 1.165) is 28.1 Å². The number of amides is 1. The van der Waals surface area contributed by atoms with E-state index in [9.17, 15) is 4.79 Å². The number of carbonyl (C=O) groups is 1. The number of benzene rings is 2. The van der Waals surface area contributed by atoms with E-state index in [-0.39, 0.29) is 5.91 Å². The van der Waals surface area contributed by atoms with Crippen molar-refractivity contribution < 1.29 is 9.53 Å². The van der Waals surface area contributed by atoms with Crippen LogP contribution in [0.5, 0.6) is 5.75 Å². The second-order valence-corrected chi connectivity index (χ2v) is 6.99. The average molecular weight is 382 g/mol. The van der Waals surface area contributed by atoms with Crippen molar-refractivity contribution in [2.24, 2.45) is 0 Å². The van der Waals surface area contributed by atoms with E-state index in [2.05, 4.69) is 16.0 Å². The summed E-state index contributed by atoms with van der Waals surface area (Å²) < 4.78 is 5.49. The van der Waals surface area contributed by atoms with Gasteiger partial charge in [-0.05, 0) is 50.7 Å². The van der Waals surface area contributed by atoms with Crippen LogP contribution in [-0.4, -0.2) is 18.1 Å². The zero-order chi connectivity index (χ0) is 19.6. The maximum absolute atomic E-state index is 13.2. The SMILES string of the molecule is COc1ccccc1[C@@H]1NC(=S)NC(C)=C1C(=O)Nc1ccc(C)cc1C. The molecule has 1 heterocycles. The smallest absolute Gasteiger partial charge is 0.255 e. The van der Waals surface area contributed by atoms with Crippen LogP contribution in [0.4, 0.5) is 5.69 Å². The highest BCUT2D eigenvalue weighted by atomic mass is 32.1.